The fraction of sp³-hybridized carbons (Fsp3) is 0.500. The summed E-state index contributed by atoms with van der Waals surface area (Å²) in [5.41, 5.74) is 5.98. The quantitative estimate of drug-likeness (QED) is 0.728. The monoisotopic (exact) mass is 239 g/mol. The van der Waals surface area contributed by atoms with Crippen LogP contribution in [0, 0.1) is 0 Å². The summed E-state index contributed by atoms with van der Waals surface area (Å²) in [6, 6.07) is 0.306. The van der Waals surface area contributed by atoms with Crippen molar-refractivity contribution in [1.82, 2.24) is 14.9 Å². The zero-order valence-corrected chi connectivity index (χ0v) is 10.6. The molecule has 0 fully saturated rings. The van der Waals surface area contributed by atoms with Crippen LogP contribution < -0.4 is 11.1 Å². The number of hydrogen-bond acceptors (Lipinski definition) is 5. The first-order chi connectivity index (χ1) is 7.49. The largest absolute Gasteiger partial charge is 0.388 e. The molecule has 6 heteroatoms. The van der Waals surface area contributed by atoms with Gasteiger partial charge in [0.1, 0.15) is 16.5 Å². The summed E-state index contributed by atoms with van der Waals surface area (Å²) in [5, 5.41) is 3.24. The van der Waals surface area contributed by atoms with Gasteiger partial charge >= 0.3 is 0 Å². The van der Waals surface area contributed by atoms with Crippen LogP contribution in [0.1, 0.15) is 12.6 Å². The number of nitrogens with zero attached hydrogens (tertiary/aromatic N) is 3. The fourth-order valence-corrected chi connectivity index (χ4v) is 1.48. The predicted molar refractivity (Wildman–Crippen MR) is 69.6 cm³/mol. The van der Waals surface area contributed by atoms with E-state index >= 15 is 0 Å². The third kappa shape index (κ3) is 4.08. The topological polar surface area (TPSA) is 67.1 Å². The third-order valence-corrected chi connectivity index (χ3v) is 2.15. The van der Waals surface area contributed by atoms with Crippen molar-refractivity contribution in [2.75, 3.05) is 26.0 Å². The highest BCUT2D eigenvalue weighted by atomic mass is 32.1. The SMILES string of the molecule is CC(CN(C)C)Nc1cnc(C(N)=S)cn1. The van der Waals surface area contributed by atoms with Gasteiger partial charge in [-0.2, -0.15) is 0 Å². The molecule has 1 atom stereocenters. The van der Waals surface area contributed by atoms with Crippen LogP contribution in [0.2, 0.25) is 0 Å². The number of anilines is 1. The van der Waals surface area contributed by atoms with Crippen molar-refractivity contribution in [2.24, 2.45) is 5.73 Å². The Morgan fingerprint density at radius 3 is 2.62 bits per heavy atom. The summed E-state index contributed by atoms with van der Waals surface area (Å²) >= 11 is 4.80. The highest BCUT2D eigenvalue weighted by molar-refractivity contribution is 7.80. The van der Waals surface area contributed by atoms with Gasteiger partial charge in [-0.05, 0) is 21.0 Å². The Balaban J connectivity index is 2.58. The van der Waals surface area contributed by atoms with E-state index in [1.54, 1.807) is 12.4 Å². The Kier molecular flexibility index (Phi) is 4.57. The van der Waals surface area contributed by atoms with Crippen molar-refractivity contribution in [3.63, 3.8) is 0 Å². The van der Waals surface area contributed by atoms with E-state index in [2.05, 4.69) is 27.1 Å². The lowest BCUT2D eigenvalue weighted by atomic mass is 10.3. The average molecular weight is 239 g/mol. The second-order valence-electron chi connectivity index (χ2n) is 3.96. The van der Waals surface area contributed by atoms with E-state index in [0.29, 0.717) is 11.7 Å². The molecule has 1 aromatic heterocycles. The fourth-order valence-electron chi connectivity index (χ4n) is 1.38. The van der Waals surface area contributed by atoms with Crippen molar-refractivity contribution in [3.8, 4) is 0 Å². The molecule has 0 aliphatic rings. The first-order valence-corrected chi connectivity index (χ1v) is 5.43. The Hall–Kier alpha value is -1.27. The number of hydrogen-bond donors (Lipinski definition) is 2. The molecule has 3 N–H and O–H groups in total. The first kappa shape index (κ1) is 12.8. The molecule has 0 amide bonds. The highest BCUT2D eigenvalue weighted by Gasteiger charge is 2.05. The van der Waals surface area contributed by atoms with Gasteiger partial charge in [0.25, 0.3) is 0 Å². The number of thiocarbonyl (C=S) groups is 1. The summed E-state index contributed by atoms with van der Waals surface area (Å²) < 4.78 is 0. The van der Waals surface area contributed by atoms with E-state index in [-0.39, 0.29) is 4.99 Å². The van der Waals surface area contributed by atoms with Crippen LogP contribution in [-0.2, 0) is 0 Å². The average Bonchev–Trinajstić information content (AvgIpc) is 2.16. The Morgan fingerprint density at radius 2 is 2.19 bits per heavy atom. The highest BCUT2D eigenvalue weighted by Crippen LogP contribution is 2.03. The molecule has 0 aliphatic heterocycles. The number of rotatable bonds is 5. The molecule has 0 saturated heterocycles. The zero-order chi connectivity index (χ0) is 12.1. The molecule has 0 aromatic carbocycles. The predicted octanol–water partition coefficient (Wildman–Crippen LogP) is 0.473. The summed E-state index contributed by atoms with van der Waals surface area (Å²) in [6.07, 6.45) is 3.22. The Bertz CT molecular complexity index is 349. The van der Waals surface area contributed by atoms with Gasteiger partial charge in [0, 0.05) is 12.6 Å². The third-order valence-electron chi connectivity index (χ3n) is 1.94. The van der Waals surface area contributed by atoms with Crippen LogP contribution in [0.3, 0.4) is 0 Å². The van der Waals surface area contributed by atoms with Gasteiger partial charge in [-0.15, -0.1) is 0 Å². The molecule has 1 rings (SSSR count). The Morgan fingerprint density at radius 1 is 1.50 bits per heavy atom. The second-order valence-corrected chi connectivity index (χ2v) is 4.40. The minimum absolute atomic E-state index is 0.264. The van der Waals surface area contributed by atoms with E-state index in [1.165, 1.54) is 0 Å². The van der Waals surface area contributed by atoms with Crippen molar-refractivity contribution in [1.29, 1.82) is 0 Å². The number of likely N-dealkylation sites (N-methyl/N-ethyl adjacent to an activating group) is 1. The minimum atomic E-state index is 0.264. The van der Waals surface area contributed by atoms with Gasteiger partial charge < -0.3 is 16.0 Å². The smallest absolute Gasteiger partial charge is 0.144 e. The van der Waals surface area contributed by atoms with Crippen molar-refractivity contribution in [2.45, 2.75) is 13.0 Å². The van der Waals surface area contributed by atoms with E-state index in [1.807, 2.05) is 14.1 Å². The van der Waals surface area contributed by atoms with E-state index < -0.39 is 0 Å². The molecule has 1 unspecified atom stereocenters. The molecular formula is C10H17N5S. The van der Waals surface area contributed by atoms with Gasteiger partial charge in [0.05, 0.1) is 12.4 Å². The van der Waals surface area contributed by atoms with E-state index in [0.717, 1.165) is 12.4 Å². The molecule has 0 saturated carbocycles. The lowest BCUT2D eigenvalue weighted by Gasteiger charge is -2.18. The van der Waals surface area contributed by atoms with Crippen LogP contribution in [0.5, 0.6) is 0 Å². The lowest BCUT2D eigenvalue weighted by molar-refractivity contribution is 0.392. The molecule has 1 aromatic rings. The molecule has 0 spiro atoms. The van der Waals surface area contributed by atoms with Crippen LogP contribution >= 0.6 is 12.2 Å². The molecule has 0 radical (unpaired) electrons. The van der Waals surface area contributed by atoms with Crippen LogP contribution in [0.25, 0.3) is 0 Å². The maximum atomic E-state index is 5.43. The van der Waals surface area contributed by atoms with Gasteiger partial charge in [-0.25, -0.2) is 9.97 Å². The maximum Gasteiger partial charge on any atom is 0.144 e. The normalized spacial score (nSPS) is 12.5. The molecule has 1 heterocycles. The second kappa shape index (κ2) is 5.72. The number of nitrogens with one attached hydrogen (secondary N) is 1. The molecule has 88 valence electrons. The van der Waals surface area contributed by atoms with E-state index in [9.17, 15) is 0 Å². The maximum absolute atomic E-state index is 5.43. The molecule has 5 nitrogen and oxygen atoms in total. The molecule has 0 aliphatic carbocycles. The van der Waals surface area contributed by atoms with Crippen molar-refractivity contribution in [3.05, 3.63) is 18.1 Å². The van der Waals surface area contributed by atoms with Crippen LogP contribution in [0.15, 0.2) is 12.4 Å². The standard InChI is InChI=1S/C10H17N5S/c1-7(6-15(2)3)14-9-5-12-8(4-13-9)10(11)16/h4-5,7H,6H2,1-3H3,(H2,11,16)(H,13,14). The van der Waals surface area contributed by atoms with Crippen LogP contribution in [0.4, 0.5) is 5.82 Å². The Labute approximate surface area is 101 Å². The lowest BCUT2D eigenvalue weighted by Crippen LogP contribution is -2.30. The van der Waals surface area contributed by atoms with Gasteiger partial charge in [0.15, 0.2) is 0 Å². The first-order valence-electron chi connectivity index (χ1n) is 5.02. The number of nitrogens with two attached hydrogens (primary N) is 1. The molecular weight excluding hydrogens is 222 g/mol. The minimum Gasteiger partial charge on any atom is -0.388 e. The summed E-state index contributed by atoms with van der Waals surface area (Å²) in [4.78, 5) is 10.7. The molecule has 0 bridgehead atoms. The van der Waals surface area contributed by atoms with Gasteiger partial charge in [-0.3, -0.25) is 0 Å². The zero-order valence-electron chi connectivity index (χ0n) is 9.77. The summed E-state index contributed by atoms with van der Waals surface area (Å²) in [5.74, 6) is 0.731. The summed E-state index contributed by atoms with van der Waals surface area (Å²) in [6.45, 7) is 3.02. The summed E-state index contributed by atoms with van der Waals surface area (Å²) in [7, 11) is 4.06. The van der Waals surface area contributed by atoms with Crippen molar-refractivity contribution >= 4 is 23.0 Å². The van der Waals surface area contributed by atoms with Crippen LogP contribution in [-0.4, -0.2) is 46.5 Å². The number of aromatic nitrogens is 2. The molecule has 16 heavy (non-hydrogen) atoms. The van der Waals surface area contributed by atoms with Crippen molar-refractivity contribution < 1.29 is 0 Å². The van der Waals surface area contributed by atoms with E-state index in [4.69, 9.17) is 18.0 Å². The van der Waals surface area contributed by atoms with Gasteiger partial charge in [0.2, 0.25) is 0 Å². The van der Waals surface area contributed by atoms with Gasteiger partial charge in [-0.1, -0.05) is 12.2 Å².